The highest BCUT2D eigenvalue weighted by Gasteiger charge is 2.39. The molecule has 1 atom stereocenters. The van der Waals surface area contributed by atoms with Crippen LogP contribution >= 0.6 is 24.8 Å². The van der Waals surface area contributed by atoms with Crippen molar-refractivity contribution in [2.45, 2.75) is 82.7 Å². The van der Waals surface area contributed by atoms with Crippen LogP contribution in [0.4, 0.5) is 20.3 Å². The molecular formula is C45H57Cl2F2N15O3. The van der Waals surface area contributed by atoms with Gasteiger partial charge < -0.3 is 20.0 Å². The molecular weight excluding hydrogens is 907 g/mol. The number of benzene rings is 1. The van der Waals surface area contributed by atoms with Crippen molar-refractivity contribution in [3.63, 3.8) is 0 Å². The van der Waals surface area contributed by atoms with Crippen molar-refractivity contribution in [3.05, 3.63) is 65.2 Å². The molecule has 0 bridgehead atoms. The summed E-state index contributed by atoms with van der Waals surface area (Å²) in [7, 11) is 1.77. The van der Waals surface area contributed by atoms with Crippen LogP contribution in [0.25, 0.3) is 33.6 Å². The highest BCUT2D eigenvalue weighted by Crippen LogP contribution is 2.44. The van der Waals surface area contributed by atoms with E-state index in [0.29, 0.717) is 34.7 Å². The number of likely N-dealkylation sites (tertiary alicyclic amines) is 1. The van der Waals surface area contributed by atoms with E-state index in [1.807, 2.05) is 24.4 Å². The number of rotatable bonds is 9. The Morgan fingerprint density at radius 1 is 0.866 bits per heavy atom. The molecule has 4 aliphatic heterocycles. The predicted molar refractivity (Wildman–Crippen MR) is 253 cm³/mol. The first-order valence-electron chi connectivity index (χ1n) is 23.2. The Morgan fingerprint density at radius 2 is 1.61 bits per heavy atom. The number of piperazine rings is 1. The topological polar surface area (TPSA) is 174 Å². The molecule has 1 spiro atoms. The predicted octanol–water partition coefficient (Wildman–Crippen LogP) is 5.11. The van der Waals surface area contributed by atoms with Crippen LogP contribution in [0.1, 0.15) is 88.4 Å². The van der Waals surface area contributed by atoms with Crippen LogP contribution in [0.5, 0.6) is 0 Å². The van der Waals surface area contributed by atoms with Gasteiger partial charge in [-0.15, -0.1) is 29.9 Å². The maximum atomic E-state index is 14.5. The summed E-state index contributed by atoms with van der Waals surface area (Å²) in [6.07, 6.45) is 13.0. The van der Waals surface area contributed by atoms with E-state index in [4.69, 9.17) is 4.98 Å². The van der Waals surface area contributed by atoms with Crippen LogP contribution in [0, 0.1) is 11.3 Å². The summed E-state index contributed by atoms with van der Waals surface area (Å²) >= 11 is 0. The van der Waals surface area contributed by atoms with Crippen molar-refractivity contribution in [2.24, 2.45) is 18.4 Å². The van der Waals surface area contributed by atoms with Gasteiger partial charge in [0.15, 0.2) is 11.3 Å². The Balaban J connectivity index is 0.00000281. The van der Waals surface area contributed by atoms with Crippen LogP contribution in [0.15, 0.2) is 53.8 Å². The molecule has 1 saturated carbocycles. The lowest BCUT2D eigenvalue weighted by Gasteiger charge is -2.48. The van der Waals surface area contributed by atoms with Gasteiger partial charge in [0.1, 0.15) is 23.2 Å². The van der Waals surface area contributed by atoms with Crippen molar-refractivity contribution in [1.29, 1.82) is 0 Å². The number of anilines is 2. The van der Waals surface area contributed by atoms with Gasteiger partial charge in [-0.1, -0.05) is 11.3 Å². The van der Waals surface area contributed by atoms with E-state index in [1.165, 1.54) is 4.68 Å². The molecule has 18 nitrogen and oxygen atoms in total. The van der Waals surface area contributed by atoms with Crippen LogP contribution < -0.4 is 26.1 Å². The number of piperidine rings is 3. The first kappa shape index (κ1) is 46.7. The van der Waals surface area contributed by atoms with Gasteiger partial charge in [-0.25, -0.2) is 27.8 Å². The molecule has 358 valence electrons. The number of fused-ring (bicyclic) bond motifs is 2. The standard InChI is InChI=1S/C45H55F2N15O3.2ClH/c1-55-40-33(3-2-4-34(40)62(44(55)65)35-9-10-38(63)51-43(35)64)57-21-14-45(15-22-57)12-19-56(20-13-45)26-29-5-7-30(8-6-29)60-28-36(39(53-60)41(46)47)61-27-32(52-54-61)31-25-49-59-18-11-37(50-42(31)59)58-23-16-48-17-24-58;;/h2-4,11,18,25,27-30,35,41,48H,5-10,12-17,19-24,26H2,1H3,(H,51,63,64);2*1H. The van der Waals surface area contributed by atoms with Crippen molar-refractivity contribution in [1.82, 2.24) is 64.0 Å². The van der Waals surface area contributed by atoms with Crippen molar-refractivity contribution < 1.29 is 18.4 Å². The third kappa shape index (κ3) is 8.69. The molecule has 1 aliphatic carbocycles. The second kappa shape index (κ2) is 18.9. The average molecular weight is 965 g/mol. The van der Waals surface area contributed by atoms with E-state index in [1.54, 1.807) is 44.0 Å². The smallest absolute Gasteiger partial charge is 0.329 e. The van der Waals surface area contributed by atoms with Gasteiger partial charge in [-0.05, 0) is 100 Å². The minimum Gasteiger partial charge on any atom is -0.370 e. The molecule has 2 N–H and O–H groups in total. The van der Waals surface area contributed by atoms with Gasteiger partial charge in [0, 0.05) is 65.5 Å². The Morgan fingerprint density at radius 3 is 2.34 bits per heavy atom. The molecule has 1 unspecified atom stereocenters. The molecule has 5 aromatic heterocycles. The number of aromatic nitrogens is 10. The molecule has 67 heavy (non-hydrogen) atoms. The average Bonchev–Trinajstić information content (AvgIpc) is 4.14. The lowest BCUT2D eigenvalue weighted by molar-refractivity contribution is -0.135. The van der Waals surface area contributed by atoms with Crippen LogP contribution in [-0.4, -0.2) is 124 Å². The first-order chi connectivity index (χ1) is 31.6. The summed E-state index contributed by atoms with van der Waals surface area (Å²) in [4.78, 5) is 50.3. The summed E-state index contributed by atoms with van der Waals surface area (Å²) in [6, 6.07) is 7.21. The molecule has 9 heterocycles. The third-order valence-electron chi connectivity index (χ3n) is 15.1. The van der Waals surface area contributed by atoms with Gasteiger partial charge in [-0.2, -0.15) is 10.2 Å². The van der Waals surface area contributed by atoms with Gasteiger partial charge in [0.25, 0.3) is 6.43 Å². The van der Waals surface area contributed by atoms with Crippen LogP contribution in [-0.2, 0) is 16.6 Å². The lowest BCUT2D eigenvalue weighted by atomic mass is 9.71. The lowest BCUT2D eigenvalue weighted by Crippen LogP contribution is -2.48. The number of carbonyl (C=O) groups excluding carboxylic acids is 2. The number of aryl methyl sites for hydroxylation is 1. The number of imidazole rings is 1. The van der Waals surface area contributed by atoms with Gasteiger partial charge in [0.2, 0.25) is 11.8 Å². The quantitative estimate of drug-likeness (QED) is 0.184. The molecule has 5 fully saturated rings. The van der Waals surface area contributed by atoms with E-state index >= 15 is 0 Å². The molecule has 11 rings (SSSR count). The summed E-state index contributed by atoms with van der Waals surface area (Å²) in [5.74, 6) is 0.682. The fourth-order valence-electron chi connectivity index (χ4n) is 11.3. The van der Waals surface area contributed by atoms with Crippen LogP contribution in [0.3, 0.4) is 0 Å². The zero-order chi connectivity index (χ0) is 44.4. The summed E-state index contributed by atoms with van der Waals surface area (Å²) in [5.41, 5.74) is 4.33. The maximum Gasteiger partial charge on any atom is 0.329 e. The molecule has 4 saturated heterocycles. The van der Waals surface area contributed by atoms with Gasteiger partial charge in [-0.3, -0.25) is 28.7 Å². The van der Waals surface area contributed by atoms with E-state index in [-0.39, 0.29) is 60.3 Å². The maximum absolute atomic E-state index is 14.5. The number of nitrogens with one attached hydrogen (secondary N) is 2. The largest absolute Gasteiger partial charge is 0.370 e. The number of hydrogen-bond donors (Lipinski definition) is 2. The Labute approximate surface area is 397 Å². The molecule has 5 aliphatic rings. The van der Waals surface area contributed by atoms with E-state index < -0.39 is 18.4 Å². The fraction of sp³-hybridized carbons (Fsp3) is 0.556. The summed E-state index contributed by atoms with van der Waals surface area (Å²) < 4.78 is 37.1. The summed E-state index contributed by atoms with van der Waals surface area (Å²) in [6.45, 7) is 8.48. The van der Waals surface area contributed by atoms with E-state index in [0.717, 1.165) is 133 Å². The number of imide groups is 1. The Hall–Kier alpha value is -5.44. The number of halogens is 4. The molecule has 1 aromatic carbocycles. The molecule has 0 radical (unpaired) electrons. The second-order valence-corrected chi connectivity index (χ2v) is 18.9. The van der Waals surface area contributed by atoms with E-state index in [9.17, 15) is 23.2 Å². The molecule has 22 heteroatoms. The normalized spacial score (nSPS) is 22.7. The minimum atomic E-state index is -2.77. The number of para-hydroxylation sites is 1. The first-order valence-corrected chi connectivity index (χ1v) is 23.2. The number of hydrogen-bond acceptors (Lipinski definition) is 12. The van der Waals surface area contributed by atoms with Crippen molar-refractivity contribution in [3.8, 4) is 16.9 Å². The highest BCUT2D eigenvalue weighted by molar-refractivity contribution is 6.00. The highest BCUT2D eigenvalue weighted by atomic mass is 35.5. The number of amides is 2. The number of nitrogens with zero attached hydrogens (tertiary/aromatic N) is 13. The van der Waals surface area contributed by atoms with Gasteiger partial charge >= 0.3 is 5.69 Å². The zero-order valence-corrected chi connectivity index (χ0v) is 39.1. The van der Waals surface area contributed by atoms with Crippen molar-refractivity contribution in [2.75, 3.05) is 68.7 Å². The van der Waals surface area contributed by atoms with E-state index in [2.05, 4.69) is 51.9 Å². The monoisotopic (exact) mass is 963 g/mol. The van der Waals surface area contributed by atoms with Crippen LogP contribution in [0.2, 0.25) is 0 Å². The summed E-state index contributed by atoms with van der Waals surface area (Å²) in [5, 5.41) is 23.3. The third-order valence-corrected chi connectivity index (χ3v) is 15.1. The van der Waals surface area contributed by atoms with Gasteiger partial charge in [0.05, 0.1) is 46.9 Å². The Kier molecular flexibility index (Phi) is 13.2. The zero-order valence-electron chi connectivity index (χ0n) is 37.5. The van der Waals surface area contributed by atoms with Crippen molar-refractivity contribution >= 4 is 64.8 Å². The number of alkyl halides is 2. The molecule has 6 aromatic rings. The second-order valence-electron chi connectivity index (χ2n) is 18.9. The SMILES string of the molecule is Cl.Cl.Cn1c(=O)n(C2CCC(=O)NC2=O)c2cccc(N3CCC4(CCN(CC5CCC(n6cc(-n7cc(-c8cnn9ccc(N%10CCNCC%10)nc89)nn7)c(C(F)F)n6)CC5)CC4)CC3)c21. The molecule has 2 amide bonds. The fourth-order valence-corrected chi connectivity index (χ4v) is 11.3. The minimum absolute atomic E-state index is 0. The Bertz CT molecular complexity index is 2810. The number of carbonyl (C=O) groups is 2.